The van der Waals surface area contributed by atoms with E-state index in [0.29, 0.717) is 23.9 Å². The average molecular weight is 384 g/mol. The Kier molecular flexibility index (Phi) is 6.29. The molecule has 6 heteroatoms. The molecule has 0 spiro atoms. The molecular weight excluding hydrogens is 359 g/mol. The van der Waals surface area contributed by atoms with Crippen LogP contribution in [0, 0.1) is 17.7 Å². The number of carbonyl (C=O) groups is 2. The first-order valence-corrected chi connectivity index (χ1v) is 9.52. The van der Waals surface area contributed by atoms with Gasteiger partial charge in [0, 0.05) is 24.3 Å². The fraction of sp³-hybridized carbons (Fsp3) is 0.364. The maximum Gasteiger partial charge on any atom is 0.229 e. The number of ether oxygens (including phenoxy) is 1. The number of anilines is 2. The largest absolute Gasteiger partial charge is 0.494 e. The third-order valence-electron chi connectivity index (χ3n) is 4.72. The van der Waals surface area contributed by atoms with Crippen LogP contribution in [-0.2, 0) is 9.59 Å². The lowest BCUT2D eigenvalue weighted by Crippen LogP contribution is -2.28. The van der Waals surface area contributed by atoms with Gasteiger partial charge in [0.2, 0.25) is 11.8 Å². The molecule has 1 saturated heterocycles. The molecule has 0 radical (unpaired) electrons. The molecule has 1 atom stereocenters. The second-order valence-corrected chi connectivity index (χ2v) is 7.43. The summed E-state index contributed by atoms with van der Waals surface area (Å²) in [4.78, 5) is 26.3. The molecular formula is C22H25FN2O3. The Bertz CT molecular complexity index is 819. The van der Waals surface area contributed by atoms with Gasteiger partial charge in [-0.25, -0.2) is 4.39 Å². The van der Waals surface area contributed by atoms with Crippen molar-refractivity contribution < 1.29 is 18.7 Å². The number of rotatable bonds is 7. The van der Waals surface area contributed by atoms with Gasteiger partial charge in [0.1, 0.15) is 11.6 Å². The number of nitrogens with zero attached hydrogens (tertiary/aromatic N) is 1. The predicted octanol–water partition coefficient (Wildman–Crippen LogP) is 4.24. The summed E-state index contributed by atoms with van der Waals surface area (Å²) in [5.74, 6) is 0.201. The maximum absolute atomic E-state index is 13.1. The van der Waals surface area contributed by atoms with Gasteiger partial charge >= 0.3 is 0 Å². The molecule has 0 bridgehead atoms. The van der Waals surface area contributed by atoms with E-state index in [1.54, 1.807) is 24.3 Å². The molecule has 1 aliphatic rings. The monoisotopic (exact) mass is 384 g/mol. The number of amides is 2. The lowest BCUT2D eigenvalue weighted by Gasteiger charge is -2.16. The third kappa shape index (κ3) is 5.09. The molecule has 2 amide bonds. The molecule has 5 nitrogen and oxygen atoms in total. The molecule has 28 heavy (non-hydrogen) atoms. The Labute approximate surface area is 164 Å². The van der Waals surface area contributed by atoms with E-state index in [4.69, 9.17) is 4.74 Å². The third-order valence-corrected chi connectivity index (χ3v) is 4.72. The second kappa shape index (κ2) is 8.87. The SMILES string of the molecule is CC(C)CCOc1ccc(NC(=O)C2CC(=O)N(c3ccc(F)cc3)C2)cc1. The smallest absolute Gasteiger partial charge is 0.229 e. The van der Waals surface area contributed by atoms with Gasteiger partial charge in [0.15, 0.2) is 0 Å². The van der Waals surface area contributed by atoms with Crippen molar-refractivity contribution in [3.8, 4) is 5.75 Å². The van der Waals surface area contributed by atoms with Crippen molar-refractivity contribution in [2.24, 2.45) is 11.8 Å². The topological polar surface area (TPSA) is 58.6 Å². The highest BCUT2D eigenvalue weighted by Crippen LogP contribution is 2.26. The Hall–Kier alpha value is -2.89. The van der Waals surface area contributed by atoms with Crippen molar-refractivity contribution in [1.29, 1.82) is 0 Å². The van der Waals surface area contributed by atoms with E-state index in [1.807, 2.05) is 12.1 Å². The van der Waals surface area contributed by atoms with Gasteiger partial charge < -0.3 is 15.0 Å². The van der Waals surface area contributed by atoms with E-state index in [-0.39, 0.29) is 30.6 Å². The number of benzene rings is 2. The zero-order valence-corrected chi connectivity index (χ0v) is 16.2. The van der Waals surface area contributed by atoms with Gasteiger partial charge in [-0.3, -0.25) is 9.59 Å². The van der Waals surface area contributed by atoms with Gasteiger partial charge in [0.05, 0.1) is 12.5 Å². The molecule has 1 fully saturated rings. The van der Waals surface area contributed by atoms with Crippen LogP contribution in [0.5, 0.6) is 5.75 Å². The van der Waals surface area contributed by atoms with Crippen LogP contribution in [0.3, 0.4) is 0 Å². The summed E-state index contributed by atoms with van der Waals surface area (Å²) in [6, 6.07) is 12.9. The quantitative estimate of drug-likeness (QED) is 0.777. The van der Waals surface area contributed by atoms with Gasteiger partial charge in [-0.2, -0.15) is 0 Å². The Morgan fingerprint density at radius 1 is 1.18 bits per heavy atom. The first kappa shape index (κ1) is 19.9. The van der Waals surface area contributed by atoms with Gasteiger partial charge in [-0.1, -0.05) is 13.8 Å². The van der Waals surface area contributed by atoms with Crippen molar-refractivity contribution in [3.05, 3.63) is 54.3 Å². The minimum absolute atomic E-state index is 0.138. The lowest BCUT2D eigenvalue weighted by molar-refractivity contribution is -0.122. The number of carbonyl (C=O) groups excluding carboxylic acids is 2. The standard InChI is InChI=1S/C22H25FN2O3/c1-15(2)11-12-28-20-9-5-18(6-10-20)24-22(27)16-13-21(26)25(14-16)19-7-3-17(23)4-8-19/h3-10,15-16H,11-14H2,1-2H3,(H,24,27). The van der Waals surface area contributed by atoms with E-state index in [0.717, 1.165) is 12.2 Å². The summed E-state index contributed by atoms with van der Waals surface area (Å²) in [6.45, 7) is 5.24. The van der Waals surface area contributed by atoms with Crippen LogP contribution in [0.25, 0.3) is 0 Å². The van der Waals surface area contributed by atoms with Gasteiger partial charge in [0.25, 0.3) is 0 Å². The summed E-state index contributed by atoms with van der Waals surface area (Å²) in [7, 11) is 0. The molecule has 0 aromatic heterocycles. The highest BCUT2D eigenvalue weighted by Gasteiger charge is 2.35. The summed E-state index contributed by atoms with van der Waals surface area (Å²) in [5.41, 5.74) is 1.26. The van der Waals surface area contributed by atoms with Crippen LogP contribution >= 0.6 is 0 Å². The van der Waals surface area contributed by atoms with E-state index < -0.39 is 5.92 Å². The molecule has 2 aromatic carbocycles. The van der Waals surface area contributed by atoms with Crippen LogP contribution in [0.1, 0.15) is 26.7 Å². The van der Waals surface area contributed by atoms with Crippen LogP contribution in [0.2, 0.25) is 0 Å². The van der Waals surface area contributed by atoms with Gasteiger partial charge in [-0.05, 0) is 60.9 Å². The van der Waals surface area contributed by atoms with Crippen molar-refractivity contribution in [3.63, 3.8) is 0 Å². The number of hydrogen-bond acceptors (Lipinski definition) is 3. The molecule has 1 heterocycles. The number of nitrogens with one attached hydrogen (secondary N) is 1. The van der Waals surface area contributed by atoms with E-state index in [2.05, 4.69) is 19.2 Å². The van der Waals surface area contributed by atoms with Crippen molar-refractivity contribution in [1.82, 2.24) is 0 Å². The predicted molar refractivity (Wildman–Crippen MR) is 107 cm³/mol. The maximum atomic E-state index is 13.1. The molecule has 1 N–H and O–H groups in total. The van der Waals surface area contributed by atoms with E-state index >= 15 is 0 Å². The summed E-state index contributed by atoms with van der Waals surface area (Å²) in [5, 5.41) is 2.85. The highest BCUT2D eigenvalue weighted by molar-refractivity contribution is 6.03. The highest BCUT2D eigenvalue weighted by atomic mass is 19.1. The minimum Gasteiger partial charge on any atom is -0.494 e. The zero-order valence-electron chi connectivity index (χ0n) is 16.2. The number of halogens is 1. The van der Waals surface area contributed by atoms with Crippen molar-refractivity contribution in [2.45, 2.75) is 26.7 Å². The van der Waals surface area contributed by atoms with E-state index in [9.17, 15) is 14.0 Å². The molecule has 1 aliphatic heterocycles. The van der Waals surface area contributed by atoms with Crippen LogP contribution in [-0.4, -0.2) is 25.0 Å². The fourth-order valence-electron chi connectivity index (χ4n) is 3.05. The first-order chi connectivity index (χ1) is 13.4. The summed E-state index contributed by atoms with van der Waals surface area (Å²) >= 11 is 0. The lowest BCUT2D eigenvalue weighted by atomic mass is 10.1. The van der Waals surface area contributed by atoms with Crippen LogP contribution in [0.15, 0.2) is 48.5 Å². The van der Waals surface area contributed by atoms with Crippen LogP contribution in [0.4, 0.5) is 15.8 Å². The Morgan fingerprint density at radius 3 is 2.50 bits per heavy atom. The Morgan fingerprint density at radius 2 is 1.86 bits per heavy atom. The minimum atomic E-state index is -0.445. The zero-order chi connectivity index (χ0) is 20.1. The normalized spacial score (nSPS) is 16.5. The molecule has 0 aliphatic carbocycles. The first-order valence-electron chi connectivity index (χ1n) is 9.52. The van der Waals surface area contributed by atoms with Crippen molar-refractivity contribution in [2.75, 3.05) is 23.4 Å². The van der Waals surface area contributed by atoms with Gasteiger partial charge in [-0.15, -0.1) is 0 Å². The summed E-state index contributed by atoms with van der Waals surface area (Å²) in [6.07, 6.45) is 1.12. The molecule has 0 saturated carbocycles. The molecule has 148 valence electrons. The molecule has 1 unspecified atom stereocenters. The molecule has 2 aromatic rings. The Balaban J connectivity index is 1.54. The molecule has 3 rings (SSSR count). The van der Waals surface area contributed by atoms with E-state index in [1.165, 1.54) is 17.0 Å². The average Bonchev–Trinajstić information content (AvgIpc) is 3.05. The fourth-order valence-corrected chi connectivity index (χ4v) is 3.05. The van der Waals surface area contributed by atoms with Crippen LogP contribution < -0.4 is 15.0 Å². The number of hydrogen-bond donors (Lipinski definition) is 1. The second-order valence-electron chi connectivity index (χ2n) is 7.43. The summed E-state index contributed by atoms with van der Waals surface area (Å²) < 4.78 is 18.7. The van der Waals surface area contributed by atoms with Crippen molar-refractivity contribution >= 4 is 23.2 Å².